The lowest BCUT2D eigenvalue weighted by Crippen LogP contribution is -2.44. The summed E-state index contributed by atoms with van der Waals surface area (Å²) in [4.78, 5) is 33.5. The van der Waals surface area contributed by atoms with Crippen molar-refractivity contribution in [2.75, 3.05) is 13.2 Å². The number of aliphatic carboxylic acids is 1. The molecule has 2 atom stereocenters. The minimum absolute atomic E-state index is 0.274. The normalized spacial score (nSPS) is 12.6. The molecule has 1 amide bonds. The second-order valence-electron chi connectivity index (χ2n) is 7.10. The number of amides is 1. The predicted octanol–water partition coefficient (Wildman–Crippen LogP) is 1.47. The maximum Gasteiger partial charge on any atom is 0.408 e. The number of esters is 1. The molecule has 0 aliphatic heterocycles. The average molecular weight is 412 g/mol. The summed E-state index contributed by atoms with van der Waals surface area (Å²) in [5.74, 6) is -1.62. The summed E-state index contributed by atoms with van der Waals surface area (Å²) in [7, 11) is 0. The third kappa shape index (κ3) is 13.2. The molecule has 0 aromatic heterocycles. The van der Waals surface area contributed by atoms with Crippen LogP contribution in [0, 0.1) is 0 Å². The lowest BCUT2D eigenvalue weighted by molar-refractivity contribution is -0.145. The molecule has 0 bridgehead atoms. The molecule has 0 heterocycles. The fraction of sp³-hybridized carbons (Fsp3) is 0.550. The van der Waals surface area contributed by atoms with E-state index in [1.54, 1.807) is 27.7 Å². The highest BCUT2D eigenvalue weighted by Gasteiger charge is 2.25. The van der Waals surface area contributed by atoms with Gasteiger partial charge in [0.1, 0.15) is 17.7 Å². The molecule has 9 heteroatoms. The quantitative estimate of drug-likeness (QED) is 0.469. The van der Waals surface area contributed by atoms with E-state index in [1.165, 1.54) is 0 Å². The zero-order valence-corrected chi connectivity index (χ0v) is 17.4. The first-order valence-electron chi connectivity index (χ1n) is 9.29. The number of nitrogens with one attached hydrogen (secondary N) is 1. The summed E-state index contributed by atoms with van der Waals surface area (Å²) >= 11 is 0. The van der Waals surface area contributed by atoms with Crippen molar-refractivity contribution in [1.82, 2.24) is 5.32 Å². The lowest BCUT2D eigenvalue weighted by atomic mass is 10.1. The number of aliphatic hydroxyl groups is 1. The lowest BCUT2D eigenvalue weighted by Gasteiger charge is -2.22. The van der Waals surface area contributed by atoms with Crippen molar-refractivity contribution in [2.45, 2.75) is 58.2 Å². The van der Waals surface area contributed by atoms with Crippen molar-refractivity contribution in [3.05, 3.63) is 35.9 Å². The minimum Gasteiger partial charge on any atom is -0.480 e. The van der Waals surface area contributed by atoms with Crippen LogP contribution in [-0.2, 0) is 25.5 Å². The Morgan fingerprint density at radius 3 is 2.17 bits per heavy atom. The summed E-state index contributed by atoms with van der Waals surface area (Å²) in [6, 6.07) is 7.94. The number of carboxylic acids is 1. The number of benzene rings is 1. The van der Waals surface area contributed by atoms with Gasteiger partial charge in [-0.1, -0.05) is 30.3 Å². The number of ether oxygens (including phenoxy) is 2. The summed E-state index contributed by atoms with van der Waals surface area (Å²) in [6.07, 6.45) is 0.515. The van der Waals surface area contributed by atoms with Crippen LogP contribution in [0.15, 0.2) is 30.3 Å². The van der Waals surface area contributed by atoms with E-state index in [2.05, 4.69) is 5.32 Å². The fourth-order valence-electron chi connectivity index (χ4n) is 1.98. The SMILES string of the molecule is CCOC(=O)[C@@H](CCc1ccccc1)NC(=O)OC(C)(C)C.N[C@@H](CO)C(=O)O. The van der Waals surface area contributed by atoms with Crippen LogP contribution < -0.4 is 11.1 Å². The van der Waals surface area contributed by atoms with Crippen LogP contribution in [0.1, 0.15) is 39.7 Å². The molecular weight excluding hydrogens is 380 g/mol. The number of alkyl carbamates (subject to hydrolysis) is 1. The number of carboxylic acid groups (broad SMARTS) is 1. The van der Waals surface area contributed by atoms with Crippen LogP contribution in [0.25, 0.3) is 0 Å². The standard InChI is InChI=1S/C17H25NO4.C3H7NO3/c1-5-21-15(19)14(18-16(20)22-17(2,3)4)12-11-13-9-7-6-8-10-13;4-2(1-5)3(6)7/h6-10,14H,5,11-12H2,1-4H3,(H,18,20);2,5H,1,4H2,(H,6,7)/t14-;2-/m10/s1. The smallest absolute Gasteiger partial charge is 0.408 e. The van der Waals surface area contributed by atoms with Crippen LogP contribution in [0.5, 0.6) is 0 Å². The van der Waals surface area contributed by atoms with E-state index < -0.39 is 42.3 Å². The Morgan fingerprint density at radius 1 is 1.17 bits per heavy atom. The molecule has 164 valence electrons. The number of aliphatic hydroxyl groups excluding tert-OH is 1. The topological polar surface area (TPSA) is 148 Å². The van der Waals surface area contributed by atoms with Crippen molar-refractivity contribution in [3.8, 4) is 0 Å². The van der Waals surface area contributed by atoms with Gasteiger partial charge in [0, 0.05) is 0 Å². The molecule has 0 radical (unpaired) electrons. The number of rotatable bonds is 8. The van der Waals surface area contributed by atoms with E-state index in [-0.39, 0.29) is 6.61 Å². The zero-order chi connectivity index (χ0) is 22.4. The molecule has 0 fully saturated rings. The maximum absolute atomic E-state index is 12.0. The minimum atomic E-state index is -1.18. The van der Waals surface area contributed by atoms with Crippen LogP contribution >= 0.6 is 0 Å². The molecule has 5 N–H and O–H groups in total. The van der Waals surface area contributed by atoms with Crippen molar-refractivity contribution in [2.24, 2.45) is 5.73 Å². The van der Waals surface area contributed by atoms with Gasteiger partial charge in [0.25, 0.3) is 0 Å². The Hall–Kier alpha value is -2.65. The Morgan fingerprint density at radius 2 is 1.76 bits per heavy atom. The first-order valence-corrected chi connectivity index (χ1v) is 9.29. The highest BCUT2D eigenvalue weighted by molar-refractivity contribution is 5.81. The van der Waals surface area contributed by atoms with Gasteiger partial charge in [-0.05, 0) is 46.1 Å². The second kappa shape index (κ2) is 13.5. The van der Waals surface area contributed by atoms with E-state index in [1.807, 2.05) is 30.3 Å². The van der Waals surface area contributed by atoms with Gasteiger partial charge in [-0.2, -0.15) is 0 Å². The molecule has 0 aliphatic carbocycles. The summed E-state index contributed by atoms with van der Waals surface area (Å²) in [6.45, 7) is 6.83. The summed E-state index contributed by atoms with van der Waals surface area (Å²) in [5, 5.41) is 18.5. The number of aryl methyl sites for hydroxylation is 1. The van der Waals surface area contributed by atoms with Crippen LogP contribution in [0.2, 0.25) is 0 Å². The van der Waals surface area contributed by atoms with Gasteiger partial charge < -0.3 is 30.7 Å². The Bertz CT molecular complexity index is 629. The molecule has 9 nitrogen and oxygen atoms in total. The van der Waals surface area contributed by atoms with Gasteiger partial charge in [-0.15, -0.1) is 0 Å². The molecule has 29 heavy (non-hydrogen) atoms. The van der Waals surface area contributed by atoms with Crippen LogP contribution in [0.4, 0.5) is 4.79 Å². The zero-order valence-electron chi connectivity index (χ0n) is 17.4. The number of hydrogen-bond donors (Lipinski definition) is 4. The number of carbonyl (C=O) groups is 3. The van der Waals surface area contributed by atoms with E-state index >= 15 is 0 Å². The van der Waals surface area contributed by atoms with Gasteiger partial charge in [-0.3, -0.25) is 4.79 Å². The van der Waals surface area contributed by atoms with E-state index in [0.717, 1.165) is 5.56 Å². The molecule has 0 saturated carbocycles. The van der Waals surface area contributed by atoms with E-state index in [0.29, 0.717) is 12.8 Å². The van der Waals surface area contributed by atoms with Crippen molar-refractivity contribution in [3.63, 3.8) is 0 Å². The van der Waals surface area contributed by atoms with Crippen molar-refractivity contribution < 1.29 is 34.1 Å². The van der Waals surface area contributed by atoms with Crippen molar-refractivity contribution >= 4 is 18.0 Å². The molecule has 0 spiro atoms. The monoisotopic (exact) mass is 412 g/mol. The Kier molecular flexibility index (Phi) is 12.3. The van der Waals surface area contributed by atoms with Gasteiger partial charge in [0.05, 0.1) is 13.2 Å². The number of nitrogens with two attached hydrogens (primary N) is 1. The second-order valence-corrected chi connectivity index (χ2v) is 7.10. The van der Waals surface area contributed by atoms with Gasteiger partial charge in [0.2, 0.25) is 0 Å². The summed E-state index contributed by atoms with van der Waals surface area (Å²) < 4.78 is 10.2. The molecule has 0 aliphatic rings. The Balaban J connectivity index is 0.000000956. The summed E-state index contributed by atoms with van der Waals surface area (Å²) in [5.41, 5.74) is 5.26. The number of hydrogen-bond acceptors (Lipinski definition) is 7. The van der Waals surface area contributed by atoms with Crippen LogP contribution in [0.3, 0.4) is 0 Å². The van der Waals surface area contributed by atoms with E-state index in [9.17, 15) is 14.4 Å². The first kappa shape index (κ1) is 26.4. The average Bonchev–Trinajstić information content (AvgIpc) is 2.64. The number of carbonyl (C=O) groups excluding carboxylic acids is 2. The van der Waals surface area contributed by atoms with E-state index in [4.69, 9.17) is 25.4 Å². The third-order valence-corrected chi connectivity index (χ3v) is 3.34. The predicted molar refractivity (Wildman–Crippen MR) is 107 cm³/mol. The fourth-order valence-corrected chi connectivity index (χ4v) is 1.98. The first-order chi connectivity index (χ1) is 13.5. The highest BCUT2D eigenvalue weighted by atomic mass is 16.6. The van der Waals surface area contributed by atoms with Gasteiger partial charge in [0.15, 0.2) is 0 Å². The maximum atomic E-state index is 12.0. The molecule has 0 unspecified atom stereocenters. The third-order valence-electron chi connectivity index (χ3n) is 3.34. The van der Waals surface area contributed by atoms with Gasteiger partial charge in [-0.25, -0.2) is 9.59 Å². The largest absolute Gasteiger partial charge is 0.480 e. The molecule has 1 aromatic carbocycles. The molecule has 1 rings (SSSR count). The van der Waals surface area contributed by atoms with Crippen LogP contribution in [-0.4, -0.2) is 59.1 Å². The van der Waals surface area contributed by atoms with Gasteiger partial charge >= 0.3 is 18.0 Å². The Labute approximate surface area is 171 Å². The molecular formula is C20H32N2O7. The highest BCUT2D eigenvalue weighted by Crippen LogP contribution is 2.10. The molecule has 0 saturated heterocycles. The van der Waals surface area contributed by atoms with Crippen molar-refractivity contribution in [1.29, 1.82) is 0 Å². The molecule has 1 aromatic rings.